The van der Waals surface area contributed by atoms with Gasteiger partial charge in [0.15, 0.2) is 11.5 Å². The third kappa shape index (κ3) is 3.35. The summed E-state index contributed by atoms with van der Waals surface area (Å²) in [4.78, 5) is 13.7. The van der Waals surface area contributed by atoms with Gasteiger partial charge in [-0.15, -0.1) is 11.3 Å². The molecule has 0 fully saturated rings. The largest absolute Gasteiger partial charge is 0.497 e. The van der Waals surface area contributed by atoms with E-state index in [1.54, 1.807) is 39.8 Å². The lowest BCUT2D eigenvalue weighted by atomic mass is 9.88. The molecule has 1 aromatic heterocycles. The highest BCUT2D eigenvalue weighted by Gasteiger charge is 2.33. The quantitative estimate of drug-likeness (QED) is 0.607. The van der Waals surface area contributed by atoms with Crippen molar-refractivity contribution in [2.75, 3.05) is 33.8 Å². The molecule has 1 amide bonds. The minimum Gasteiger partial charge on any atom is -0.497 e. The minimum atomic E-state index is -0.138. The summed E-state index contributed by atoms with van der Waals surface area (Å²) in [5.41, 5.74) is 3.77. The van der Waals surface area contributed by atoms with Crippen molar-refractivity contribution < 1.29 is 23.7 Å². The molecule has 1 N–H and O–H groups in total. The van der Waals surface area contributed by atoms with E-state index < -0.39 is 0 Å². The van der Waals surface area contributed by atoms with E-state index in [-0.39, 0.29) is 11.8 Å². The first-order chi connectivity index (χ1) is 14.6. The minimum absolute atomic E-state index is 0.0301. The number of carbonyl (C=O) groups is 1. The number of fused-ring (bicyclic) bond motifs is 1. The van der Waals surface area contributed by atoms with Crippen LogP contribution in [0.5, 0.6) is 23.0 Å². The molecule has 0 unspecified atom stereocenters. The van der Waals surface area contributed by atoms with Gasteiger partial charge < -0.3 is 24.3 Å². The van der Waals surface area contributed by atoms with Gasteiger partial charge >= 0.3 is 0 Å². The highest BCUT2D eigenvalue weighted by molar-refractivity contribution is 7.11. The molecule has 0 saturated heterocycles. The Morgan fingerprint density at radius 3 is 2.27 bits per heavy atom. The lowest BCUT2D eigenvalue weighted by Crippen LogP contribution is -2.23. The summed E-state index contributed by atoms with van der Waals surface area (Å²) >= 11 is 1.63. The van der Waals surface area contributed by atoms with E-state index in [2.05, 4.69) is 10.7 Å². The molecular formula is C23H23NO5S. The molecule has 0 aliphatic carbocycles. The third-order valence-electron chi connectivity index (χ3n) is 5.30. The van der Waals surface area contributed by atoms with Crippen molar-refractivity contribution in [3.8, 4) is 34.1 Å². The zero-order valence-corrected chi connectivity index (χ0v) is 18.1. The van der Waals surface area contributed by atoms with E-state index >= 15 is 0 Å². The van der Waals surface area contributed by atoms with Crippen LogP contribution in [0.1, 0.15) is 22.8 Å². The molecule has 30 heavy (non-hydrogen) atoms. The normalized spacial score (nSPS) is 15.2. The van der Waals surface area contributed by atoms with Crippen LogP contribution in [0.15, 0.2) is 41.8 Å². The number of thiophene rings is 1. The van der Waals surface area contributed by atoms with Gasteiger partial charge in [-0.3, -0.25) is 4.79 Å². The number of amides is 1. The van der Waals surface area contributed by atoms with Crippen LogP contribution in [0.2, 0.25) is 0 Å². The van der Waals surface area contributed by atoms with Crippen LogP contribution in [-0.2, 0) is 4.79 Å². The smallest absolute Gasteiger partial charge is 0.225 e. The molecule has 2 heterocycles. The molecule has 156 valence electrons. The first-order valence-electron chi connectivity index (χ1n) is 9.45. The molecule has 0 spiro atoms. The van der Waals surface area contributed by atoms with Gasteiger partial charge in [-0.2, -0.15) is 0 Å². The summed E-state index contributed by atoms with van der Waals surface area (Å²) in [5.74, 6) is 2.32. The molecule has 3 aromatic rings. The second-order valence-corrected chi connectivity index (χ2v) is 7.76. The predicted molar refractivity (Wildman–Crippen MR) is 117 cm³/mol. The standard InChI is InChI=1S/C23H23NO5S/c1-26-14-7-5-13(6-8-14)17-12-30-23-16(11-19(25)24-20(17)23)15-9-10-18(27-2)22(29-4)21(15)28-3/h5-10,12,16H,11H2,1-4H3,(H,24,25)/t16-/m0/s1. The lowest BCUT2D eigenvalue weighted by Gasteiger charge is -2.26. The maximum Gasteiger partial charge on any atom is 0.225 e. The molecule has 2 aromatic carbocycles. The summed E-state index contributed by atoms with van der Waals surface area (Å²) < 4.78 is 21.9. The fourth-order valence-corrected chi connectivity index (χ4v) is 5.01. The lowest BCUT2D eigenvalue weighted by molar-refractivity contribution is -0.116. The van der Waals surface area contributed by atoms with Crippen molar-refractivity contribution in [2.24, 2.45) is 0 Å². The van der Waals surface area contributed by atoms with Crippen molar-refractivity contribution in [2.45, 2.75) is 12.3 Å². The topological polar surface area (TPSA) is 66.0 Å². The summed E-state index contributed by atoms with van der Waals surface area (Å²) in [6.07, 6.45) is 0.335. The average Bonchev–Trinajstić information content (AvgIpc) is 3.21. The van der Waals surface area contributed by atoms with Crippen molar-refractivity contribution in [3.05, 3.63) is 52.2 Å². The van der Waals surface area contributed by atoms with E-state index in [1.165, 1.54) is 0 Å². The van der Waals surface area contributed by atoms with E-state index in [0.717, 1.165) is 33.0 Å². The maximum atomic E-state index is 12.6. The fraction of sp³-hybridized carbons (Fsp3) is 0.261. The molecule has 1 aliphatic rings. The van der Waals surface area contributed by atoms with Gasteiger partial charge in [0, 0.05) is 33.7 Å². The number of methoxy groups -OCH3 is 4. The first kappa shape index (κ1) is 20.1. The zero-order chi connectivity index (χ0) is 21.3. The predicted octanol–water partition coefficient (Wildman–Crippen LogP) is 4.92. The van der Waals surface area contributed by atoms with E-state index in [4.69, 9.17) is 18.9 Å². The van der Waals surface area contributed by atoms with Crippen LogP contribution >= 0.6 is 11.3 Å². The highest BCUT2D eigenvalue weighted by Crippen LogP contribution is 2.51. The Morgan fingerprint density at radius 1 is 0.900 bits per heavy atom. The summed E-state index contributed by atoms with van der Waals surface area (Å²) in [7, 11) is 6.41. The number of nitrogens with one attached hydrogen (secondary N) is 1. The van der Waals surface area contributed by atoms with Crippen molar-refractivity contribution >= 4 is 22.9 Å². The zero-order valence-electron chi connectivity index (χ0n) is 17.3. The van der Waals surface area contributed by atoms with Crippen molar-refractivity contribution in [1.82, 2.24) is 0 Å². The van der Waals surface area contributed by atoms with Crippen LogP contribution in [0.3, 0.4) is 0 Å². The summed E-state index contributed by atoms with van der Waals surface area (Å²) in [5, 5.41) is 5.15. The summed E-state index contributed by atoms with van der Waals surface area (Å²) in [6, 6.07) is 11.6. The van der Waals surface area contributed by atoms with E-state index in [1.807, 2.05) is 36.4 Å². The third-order valence-corrected chi connectivity index (χ3v) is 6.40. The molecule has 6 nitrogen and oxygen atoms in total. The van der Waals surface area contributed by atoms with Crippen LogP contribution in [-0.4, -0.2) is 34.3 Å². The SMILES string of the molecule is COc1ccc(-c2csc3c2NC(=O)C[C@H]3c2ccc(OC)c(OC)c2OC)cc1. The van der Waals surface area contributed by atoms with E-state index in [9.17, 15) is 4.79 Å². The van der Waals surface area contributed by atoms with Crippen LogP contribution in [0.4, 0.5) is 5.69 Å². The van der Waals surface area contributed by atoms with Gasteiger partial charge in [0.05, 0.1) is 34.1 Å². The number of ether oxygens (including phenoxy) is 4. The molecule has 0 radical (unpaired) electrons. The number of hydrogen-bond donors (Lipinski definition) is 1. The van der Waals surface area contributed by atoms with E-state index in [0.29, 0.717) is 23.7 Å². The molecule has 7 heteroatoms. The number of carbonyl (C=O) groups excluding carboxylic acids is 1. The molecule has 1 aliphatic heterocycles. The number of benzene rings is 2. The Labute approximate surface area is 179 Å². The Hall–Kier alpha value is -3.19. The monoisotopic (exact) mass is 425 g/mol. The Morgan fingerprint density at radius 2 is 1.63 bits per heavy atom. The average molecular weight is 426 g/mol. The van der Waals surface area contributed by atoms with Crippen LogP contribution < -0.4 is 24.3 Å². The van der Waals surface area contributed by atoms with Gasteiger partial charge in [0.2, 0.25) is 11.7 Å². The van der Waals surface area contributed by atoms with Crippen molar-refractivity contribution in [1.29, 1.82) is 0 Å². The Bertz CT molecular complexity index is 1070. The molecule has 4 rings (SSSR count). The Kier molecular flexibility index (Phi) is 5.55. The molecular weight excluding hydrogens is 402 g/mol. The maximum absolute atomic E-state index is 12.6. The van der Waals surface area contributed by atoms with Gasteiger partial charge in [0.25, 0.3) is 0 Å². The van der Waals surface area contributed by atoms with Crippen molar-refractivity contribution in [3.63, 3.8) is 0 Å². The van der Waals surface area contributed by atoms with Gasteiger partial charge in [0.1, 0.15) is 5.75 Å². The number of rotatable bonds is 6. The Balaban J connectivity index is 1.82. The second-order valence-electron chi connectivity index (χ2n) is 6.85. The van der Waals surface area contributed by atoms with Gasteiger partial charge in [-0.05, 0) is 23.8 Å². The number of hydrogen-bond acceptors (Lipinski definition) is 6. The number of anilines is 1. The molecule has 1 atom stereocenters. The fourth-order valence-electron chi connectivity index (χ4n) is 3.86. The summed E-state index contributed by atoms with van der Waals surface area (Å²) in [6.45, 7) is 0. The molecule has 0 saturated carbocycles. The molecule has 0 bridgehead atoms. The van der Waals surface area contributed by atoms with Crippen LogP contribution in [0.25, 0.3) is 11.1 Å². The van der Waals surface area contributed by atoms with Gasteiger partial charge in [-0.25, -0.2) is 0 Å². The highest BCUT2D eigenvalue weighted by atomic mass is 32.1. The van der Waals surface area contributed by atoms with Crippen LogP contribution in [0, 0.1) is 0 Å². The van der Waals surface area contributed by atoms with Gasteiger partial charge in [-0.1, -0.05) is 18.2 Å². The second kappa shape index (κ2) is 8.28. The first-order valence-corrected chi connectivity index (χ1v) is 10.3.